The molecule has 1 aliphatic rings. The maximum absolute atomic E-state index is 11.6. The van der Waals surface area contributed by atoms with Crippen LogP contribution in [0.1, 0.15) is 37.5 Å². The second-order valence-electron chi connectivity index (χ2n) is 4.84. The van der Waals surface area contributed by atoms with Crippen LogP contribution in [-0.4, -0.2) is 24.0 Å². The molecule has 1 saturated carbocycles. The van der Waals surface area contributed by atoms with Crippen molar-refractivity contribution in [1.29, 1.82) is 0 Å². The van der Waals surface area contributed by atoms with E-state index >= 15 is 0 Å². The Balaban J connectivity index is 0.00000162. The molecule has 18 heavy (non-hydrogen) atoms. The monoisotopic (exact) mass is 289 g/mol. The first-order valence-corrected chi connectivity index (χ1v) is 6.93. The minimum absolute atomic E-state index is 0. The molecule has 0 atom stereocenters. The van der Waals surface area contributed by atoms with Gasteiger partial charge in [-0.3, -0.25) is 4.79 Å². The fourth-order valence-corrected chi connectivity index (χ4v) is 2.32. The van der Waals surface area contributed by atoms with Gasteiger partial charge < -0.3 is 10.6 Å². The van der Waals surface area contributed by atoms with Gasteiger partial charge in [0, 0.05) is 11.1 Å². The average molecular weight is 290 g/mol. The predicted octanol–water partition coefficient (Wildman–Crippen LogP) is 2.63. The molecule has 0 radical (unpaired) electrons. The van der Waals surface area contributed by atoms with E-state index < -0.39 is 0 Å². The summed E-state index contributed by atoms with van der Waals surface area (Å²) >= 11 is 1.55. The van der Waals surface area contributed by atoms with Crippen molar-refractivity contribution in [1.82, 2.24) is 10.3 Å². The van der Waals surface area contributed by atoms with E-state index in [4.69, 9.17) is 0 Å². The topological polar surface area (TPSA) is 54.0 Å². The van der Waals surface area contributed by atoms with Crippen LogP contribution in [-0.2, 0) is 4.79 Å². The van der Waals surface area contributed by atoms with Gasteiger partial charge in [0.15, 0.2) is 5.13 Å². The third-order valence-electron chi connectivity index (χ3n) is 2.75. The molecule has 0 aliphatic heterocycles. The molecular weight excluding hydrogens is 270 g/mol. The van der Waals surface area contributed by atoms with Crippen molar-refractivity contribution in [3.63, 3.8) is 0 Å². The highest BCUT2D eigenvalue weighted by Gasteiger charge is 2.20. The molecule has 0 bridgehead atoms. The highest BCUT2D eigenvalue weighted by atomic mass is 35.5. The van der Waals surface area contributed by atoms with Gasteiger partial charge in [-0.05, 0) is 31.2 Å². The van der Waals surface area contributed by atoms with Crippen LogP contribution in [0.2, 0.25) is 0 Å². The van der Waals surface area contributed by atoms with Crippen LogP contribution in [0.3, 0.4) is 0 Å². The van der Waals surface area contributed by atoms with E-state index in [0.717, 1.165) is 12.5 Å². The molecule has 1 aliphatic carbocycles. The lowest BCUT2D eigenvalue weighted by Gasteiger charge is -2.03. The minimum atomic E-state index is -0.00435. The molecular formula is C12H20ClN3OS. The van der Waals surface area contributed by atoms with Crippen LogP contribution in [0.4, 0.5) is 5.13 Å². The molecule has 0 aromatic carbocycles. The number of anilines is 1. The molecule has 1 fully saturated rings. The summed E-state index contributed by atoms with van der Waals surface area (Å²) in [6.45, 7) is 5.59. The second-order valence-corrected chi connectivity index (χ2v) is 5.91. The van der Waals surface area contributed by atoms with Gasteiger partial charge in [0.25, 0.3) is 0 Å². The third-order valence-corrected chi connectivity index (χ3v) is 3.97. The van der Waals surface area contributed by atoms with Gasteiger partial charge in [-0.1, -0.05) is 13.8 Å². The summed E-state index contributed by atoms with van der Waals surface area (Å²) in [6.07, 6.45) is 4.44. The van der Waals surface area contributed by atoms with E-state index in [1.807, 2.05) is 6.20 Å². The van der Waals surface area contributed by atoms with Gasteiger partial charge >= 0.3 is 0 Å². The molecule has 2 N–H and O–H groups in total. The zero-order valence-corrected chi connectivity index (χ0v) is 12.4. The van der Waals surface area contributed by atoms with E-state index in [1.54, 1.807) is 11.3 Å². The molecule has 1 aromatic heterocycles. The van der Waals surface area contributed by atoms with Crippen LogP contribution >= 0.6 is 23.7 Å². The van der Waals surface area contributed by atoms with Crippen LogP contribution in [0.5, 0.6) is 0 Å². The van der Waals surface area contributed by atoms with E-state index in [-0.39, 0.29) is 18.3 Å². The lowest BCUT2D eigenvalue weighted by atomic mass is 10.2. The van der Waals surface area contributed by atoms with Crippen LogP contribution in [0.15, 0.2) is 6.20 Å². The third kappa shape index (κ3) is 4.92. The molecule has 1 aromatic rings. The number of rotatable bonds is 6. The van der Waals surface area contributed by atoms with Crippen molar-refractivity contribution < 1.29 is 4.79 Å². The maximum Gasteiger partial charge on any atom is 0.240 e. The minimum Gasteiger partial charge on any atom is -0.308 e. The molecule has 1 heterocycles. The predicted molar refractivity (Wildman–Crippen MR) is 77.7 cm³/mol. The molecule has 0 spiro atoms. The van der Waals surface area contributed by atoms with E-state index in [1.165, 1.54) is 17.7 Å². The number of hydrogen-bond acceptors (Lipinski definition) is 4. The number of amides is 1. The average Bonchev–Trinajstić information content (AvgIpc) is 2.96. The van der Waals surface area contributed by atoms with Crippen molar-refractivity contribution in [3.05, 3.63) is 11.1 Å². The van der Waals surface area contributed by atoms with E-state index in [2.05, 4.69) is 29.5 Å². The quantitative estimate of drug-likeness (QED) is 0.846. The molecule has 2 rings (SSSR count). The molecule has 0 saturated heterocycles. The largest absolute Gasteiger partial charge is 0.308 e. The molecule has 6 heteroatoms. The Hall–Kier alpha value is -0.650. The number of aromatic nitrogens is 1. The first-order chi connectivity index (χ1) is 8.15. The zero-order chi connectivity index (χ0) is 12.3. The Morgan fingerprint density at radius 1 is 1.56 bits per heavy atom. The van der Waals surface area contributed by atoms with Crippen molar-refractivity contribution in [2.75, 3.05) is 18.4 Å². The summed E-state index contributed by atoms with van der Waals surface area (Å²) < 4.78 is 0. The smallest absolute Gasteiger partial charge is 0.240 e. The van der Waals surface area contributed by atoms with Gasteiger partial charge in [-0.15, -0.1) is 23.7 Å². The maximum atomic E-state index is 11.6. The van der Waals surface area contributed by atoms with Crippen molar-refractivity contribution in [2.24, 2.45) is 5.92 Å². The normalized spacial score (nSPS) is 14.4. The molecule has 0 unspecified atom stereocenters. The standard InChI is InChI=1S/C12H19N3OS.ClH/c1-8(2)10-6-14-12(17-10)15-11(16)7-13-5-9-3-4-9;/h6,8-9,13H,3-5,7H2,1-2H3,(H,14,15,16);1H. The number of nitrogens with zero attached hydrogens (tertiary/aromatic N) is 1. The SMILES string of the molecule is CC(C)c1cnc(NC(=O)CNCC2CC2)s1.Cl. The lowest BCUT2D eigenvalue weighted by molar-refractivity contribution is -0.115. The van der Waals surface area contributed by atoms with Gasteiger partial charge in [-0.25, -0.2) is 4.98 Å². The Morgan fingerprint density at radius 3 is 2.83 bits per heavy atom. The highest BCUT2D eigenvalue weighted by Crippen LogP contribution is 2.27. The van der Waals surface area contributed by atoms with Crippen LogP contribution in [0, 0.1) is 5.92 Å². The summed E-state index contributed by atoms with van der Waals surface area (Å²) in [6, 6.07) is 0. The summed E-state index contributed by atoms with van der Waals surface area (Å²) in [7, 11) is 0. The van der Waals surface area contributed by atoms with Crippen molar-refractivity contribution >= 4 is 34.8 Å². The highest BCUT2D eigenvalue weighted by molar-refractivity contribution is 7.15. The van der Waals surface area contributed by atoms with Gasteiger partial charge in [0.2, 0.25) is 5.91 Å². The van der Waals surface area contributed by atoms with Crippen LogP contribution in [0.25, 0.3) is 0 Å². The second kappa shape index (κ2) is 7.07. The van der Waals surface area contributed by atoms with Gasteiger partial charge in [0.1, 0.15) is 0 Å². The van der Waals surface area contributed by atoms with E-state index in [0.29, 0.717) is 17.6 Å². The summed E-state index contributed by atoms with van der Waals surface area (Å²) in [5.74, 6) is 1.26. The first kappa shape index (κ1) is 15.4. The number of halogens is 1. The number of hydrogen-bond donors (Lipinski definition) is 2. The number of carbonyl (C=O) groups excluding carboxylic acids is 1. The number of nitrogens with one attached hydrogen (secondary N) is 2. The fraction of sp³-hybridized carbons (Fsp3) is 0.667. The molecule has 102 valence electrons. The molecule has 4 nitrogen and oxygen atoms in total. The van der Waals surface area contributed by atoms with E-state index in [9.17, 15) is 4.79 Å². The Kier molecular flexibility index (Phi) is 6.05. The molecule has 1 amide bonds. The van der Waals surface area contributed by atoms with Gasteiger partial charge in [0.05, 0.1) is 6.54 Å². The zero-order valence-electron chi connectivity index (χ0n) is 10.7. The Labute approximate surface area is 118 Å². The first-order valence-electron chi connectivity index (χ1n) is 6.11. The van der Waals surface area contributed by atoms with Crippen molar-refractivity contribution in [3.8, 4) is 0 Å². The van der Waals surface area contributed by atoms with Crippen molar-refractivity contribution in [2.45, 2.75) is 32.6 Å². The Morgan fingerprint density at radius 2 is 2.28 bits per heavy atom. The van der Waals surface area contributed by atoms with Crippen LogP contribution < -0.4 is 10.6 Å². The summed E-state index contributed by atoms with van der Waals surface area (Å²) in [5.41, 5.74) is 0. The number of carbonyl (C=O) groups is 1. The van der Waals surface area contributed by atoms with Gasteiger partial charge in [-0.2, -0.15) is 0 Å². The summed E-state index contributed by atoms with van der Waals surface area (Å²) in [5, 5.41) is 6.68. The number of thiazole rings is 1. The lowest BCUT2D eigenvalue weighted by Crippen LogP contribution is -2.29. The Bertz CT molecular complexity index is 390. The fourth-order valence-electron chi connectivity index (χ4n) is 1.49. The summed E-state index contributed by atoms with van der Waals surface area (Å²) in [4.78, 5) is 17.0.